The van der Waals surface area contributed by atoms with Crippen LogP contribution in [0.15, 0.2) is 18.2 Å². The SMILES string of the molecule is COC(=O)c1ccc(C(F)(F)F)c(N(C)C[C@H]2CC[C@H](NC(=O)OC(C)(C)C)CC2)c1. The van der Waals surface area contributed by atoms with Gasteiger partial charge in [0.25, 0.3) is 0 Å². The Labute approximate surface area is 181 Å². The monoisotopic (exact) mass is 444 g/mol. The van der Waals surface area contributed by atoms with Crippen molar-refractivity contribution in [1.29, 1.82) is 0 Å². The Morgan fingerprint density at radius 3 is 2.26 bits per heavy atom. The number of hydrogen-bond acceptors (Lipinski definition) is 5. The predicted octanol–water partition coefficient (Wildman–Crippen LogP) is 5.01. The fourth-order valence-corrected chi connectivity index (χ4v) is 3.78. The van der Waals surface area contributed by atoms with Gasteiger partial charge in [-0.15, -0.1) is 0 Å². The van der Waals surface area contributed by atoms with Gasteiger partial charge < -0.3 is 19.7 Å². The molecular weight excluding hydrogens is 413 g/mol. The minimum Gasteiger partial charge on any atom is -0.465 e. The Morgan fingerprint density at radius 2 is 1.74 bits per heavy atom. The molecule has 1 aromatic rings. The first kappa shape index (κ1) is 24.8. The van der Waals surface area contributed by atoms with E-state index in [1.165, 1.54) is 13.2 Å². The highest BCUT2D eigenvalue weighted by atomic mass is 19.4. The molecule has 174 valence electrons. The highest BCUT2D eigenvalue weighted by Crippen LogP contribution is 2.38. The Kier molecular flexibility index (Phi) is 7.83. The first-order valence-corrected chi connectivity index (χ1v) is 10.3. The second-order valence-corrected chi connectivity index (χ2v) is 8.97. The first-order chi connectivity index (χ1) is 14.3. The van der Waals surface area contributed by atoms with E-state index in [-0.39, 0.29) is 23.2 Å². The number of methoxy groups -OCH3 is 1. The van der Waals surface area contributed by atoms with Gasteiger partial charge in [0.2, 0.25) is 0 Å². The fraction of sp³-hybridized carbons (Fsp3) is 0.636. The van der Waals surface area contributed by atoms with Crippen molar-refractivity contribution >= 4 is 17.7 Å². The molecular formula is C22H31F3N2O4. The van der Waals surface area contributed by atoms with E-state index in [1.807, 2.05) is 0 Å². The van der Waals surface area contributed by atoms with Crippen molar-refractivity contribution in [2.45, 2.75) is 64.3 Å². The molecule has 0 atom stereocenters. The number of anilines is 1. The van der Waals surface area contributed by atoms with Crippen molar-refractivity contribution < 1.29 is 32.2 Å². The number of amides is 1. The first-order valence-electron chi connectivity index (χ1n) is 10.3. The molecule has 1 aromatic carbocycles. The van der Waals surface area contributed by atoms with Crippen molar-refractivity contribution in [3.63, 3.8) is 0 Å². The lowest BCUT2D eigenvalue weighted by Crippen LogP contribution is -2.42. The smallest absolute Gasteiger partial charge is 0.418 e. The molecule has 0 radical (unpaired) electrons. The summed E-state index contributed by atoms with van der Waals surface area (Å²) in [6.07, 6.45) is -2.00. The summed E-state index contributed by atoms with van der Waals surface area (Å²) in [5.74, 6) is -0.512. The fourth-order valence-electron chi connectivity index (χ4n) is 3.78. The van der Waals surface area contributed by atoms with Crippen molar-refractivity contribution in [3.8, 4) is 0 Å². The number of ether oxygens (including phenoxy) is 2. The van der Waals surface area contributed by atoms with E-state index in [1.54, 1.807) is 32.7 Å². The van der Waals surface area contributed by atoms with Crippen LogP contribution in [0.5, 0.6) is 0 Å². The van der Waals surface area contributed by atoms with E-state index in [4.69, 9.17) is 4.74 Å². The maximum atomic E-state index is 13.5. The van der Waals surface area contributed by atoms with E-state index in [2.05, 4.69) is 10.1 Å². The van der Waals surface area contributed by atoms with E-state index < -0.39 is 29.4 Å². The van der Waals surface area contributed by atoms with Crippen LogP contribution in [0.1, 0.15) is 62.4 Å². The number of rotatable bonds is 5. The van der Waals surface area contributed by atoms with E-state index >= 15 is 0 Å². The van der Waals surface area contributed by atoms with Gasteiger partial charge in [0.05, 0.1) is 18.2 Å². The molecule has 0 saturated heterocycles. The number of esters is 1. The predicted molar refractivity (Wildman–Crippen MR) is 111 cm³/mol. The molecule has 0 aromatic heterocycles. The zero-order valence-electron chi connectivity index (χ0n) is 18.6. The molecule has 0 unspecified atom stereocenters. The van der Waals surface area contributed by atoms with Gasteiger partial charge in [0.15, 0.2) is 0 Å². The van der Waals surface area contributed by atoms with Gasteiger partial charge in [0.1, 0.15) is 5.60 Å². The molecule has 1 fully saturated rings. The largest absolute Gasteiger partial charge is 0.465 e. The number of alkyl carbamates (subject to hydrolysis) is 1. The summed E-state index contributed by atoms with van der Waals surface area (Å²) in [5.41, 5.74) is -1.34. The summed E-state index contributed by atoms with van der Waals surface area (Å²) in [4.78, 5) is 25.3. The molecule has 1 amide bonds. The Hall–Kier alpha value is -2.45. The maximum absolute atomic E-state index is 13.5. The van der Waals surface area contributed by atoms with Gasteiger partial charge in [0, 0.05) is 25.3 Å². The Morgan fingerprint density at radius 1 is 1.13 bits per heavy atom. The van der Waals surface area contributed by atoms with Gasteiger partial charge >= 0.3 is 18.2 Å². The molecule has 1 N–H and O–H groups in total. The molecule has 6 nitrogen and oxygen atoms in total. The number of hydrogen-bond donors (Lipinski definition) is 1. The zero-order chi connectivity index (χ0) is 23.4. The van der Waals surface area contributed by atoms with Gasteiger partial charge in [-0.3, -0.25) is 0 Å². The highest BCUT2D eigenvalue weighted by molar-refractivity contribution is 5.90. The number of benzene rings is 1. The van der Waals surface area contributed by atoms with Crippen LogP contribution >= 0.6 is 0 Å². The number of halogens is 3. The standard InChI is InChI=1S/C22H31F3N2O4/c1-21(2,3)31-20(29)26-16-9-6-14(7-10-16)13-27(4)18-12-15(19(28)30-5)8-11-17(18)22(23,24)25/h8,11-12,14,16H,6-7,9-10,13H2,1-5H3,(H,26,29)/t14-,16-. The molecule has 0 spiro atoms. The average Bonchev–Trinajstić information content (AvgIpc) is 2.66. The molecule has 1 aliphatic rings. The summed E-state index contributed by atoms with van der Waals surface area (Å²) < 4.78 is 50.4. The van der Waals surface area contributed by atoms with Crippen LogP contribution in [0, 0.1) is 5.92 Å². The van der Waals surface area contributed by atoms with Gasteiger partial charge in [-0.05, 0) is 70.6 Å². The zero-order valence-corrected chi connectivity index (χ0v) is 18.6. The van der Waals surface area contributed by atoms with Crippen molar-refractivity contribution in [3.05, 3.63) is 29.3 Å². The second kappa shape index (κ2) is 9.78. The Balaban J connectivity index is 2.02. The third-order valence-electron chi connectivity index (χ3n) is 5.24. The summed E-state index contributed by atoms with van der Waals surface area (Å²) in [7, 11) is 2.78. The summed E-state index contributed by atoms with van der Waals surface area (Å²) >= 11 is 0. The molecule has 0 heterocycles. The molecule has 0 bridgehead atoms. The number of carbonyl (C=O) groups excluding carboxylic acids is 2. The quantitative estimate of drug-likeness (QED) is 0.647. The molecule has 2 rings (SSSR count). The van der Waals surface area contributed by atoms with Gasteiger partial charge in [-0.1, -0.05) is 0 Å². The number of carbonyl (C=O) groups is 2. The molecule has 9 heteroatoms. The minimum absolute atomic E-state index is 0.00945. The summed E-state index contributed by atoms with van der Waals surface area (Å²) in [6, 6.07) is 3.26. The van der Waals surface area contributed by atoms with E-state index in [0.29, 0.717) is 6.54 Å². The van der Waals surface area contributed by atoms with Gasteiger partial charge in [-0.25, -0.2) is 9.59 Å². The van der Waals surface area contributed by atoms with Crippen LogP contribution in [0.3, 0.4) is 0 Å². The normalized spacial score (nSPS) is 19.5. The average molecular weight is 444 g/mol. The summed E-state index contributed by atoms with van der Waals surface area (Å²) in [5, 5.41) is 2.86. The van der Waals surface area contributed by atoms with E-state index in [0.717, 1.165) is 37.8 Å². The van der Waals surface area contributed by atoms with Crippen LogP contribution in [-0.2, 0) is 15.7 Å². The van der Waals surface area contributed by atoms with Crippen molar-refractivity contribution in [2.75, 3.05) is 25.6 Å². The third kappa shape index (κ3) is 7.33. The number of alkyl halides is 3. The highest BCUT2D eigenvalue weighted by Gasteiger charge is 2.35. The molecule has 0 aliphatic heterocycles. The lowest BCUT2D eigenvalue weighted by atomic mass is 9.85. The Bertz CT molecular complexity index is 782. The molecule has 1 aliphatic carbocycles. The van der Waals surface area contributed by atoms with Crippen LogP contribution in [0.2, 0.25) is 0 Å². The lowest BCUT2D eigenvalue weighted by molar-refractivity contribution is -0.137. The van der Waals surface area contributed by atoms with Crippen LogP contribution in [0.4, 0.5) is 23.7 Å². The molecule has 31 heavy (non-hydrogen) atoms. The van der Waals surface area contributed by atoms with Gasteiger partial charge in [-0.2, -0.15) is 13.2 Å². The molecule has 1 saturated carbocycles. The third-order valence-corrected chi connectivity index (χ3v) is 5.24. The maximum Gasteiger partial charge on any atom is 0.418 e. The van der Waals surface area contributed by atoms with E-state index in [9.17, 15) is 22.8 Å². The van der Waals surface area contributed by atoms with Crippen molar-refractivity contribution in [1.82, 2.24) is 5.32 Å². The second-order valence-electron chi connectivity index (χ2n) is 8.97. The van der Waals surface area contributed by atoms with Crippen LogP contribution in [0.25, 0.3) is 0 Å². The minimum atomic E-state index is -4.53. The topological polar surface area (TPSA) is 67.9 Å². The number of nitrogens with zero attached hydrogens (tertiary/aromatic N) is 1. The van der Waals surface area contributed by atoms with Crippen LogP contribution in [-0.4, -0.2) is 44.4 Å². The van der Waals surface area contributed by atoms with Crippen LogP contribution < -0.4 is 10.2 Å². The lowest BCUT2D eigenvalue weighted by Gasteiger charge is -2.33. The van der Waals surface area contributed by atoms with Crippen molar-refractivity contribution in [2.24, 2.45) is 5.92 Å². The number of nitrogens with one attached hydrogen (secondary N) is 1. The summed E-state index contributed by atoms with van der Waals surface area (Å²) in [6.45, 7) is 5.80.